The minimum absolute atomic E-state index is 0.232. The molecule has 2 aromatic carbocycles. The average molecular weight is 573 g/mol. The van der Waals surface area contributed by atoms with Crippen molar-refractivity contribution in [1.82, 2.24) is 14.7 Å². The third-order valence-electron chi connectivity index (χ3n) is 6.03. The van der Waals surface area contributed by atoms with Gasteiger partial charge in [-0.15, -0.1) is 0 Å². The van der Waals surface area contributed by atoms with Crippen molar-refractivity contribution in [3.63, 3.8) is 0 Å². The van der Waals surface area contributed by atoms with Crippen LogP contribution in [0.15, 0.2) is 48.5 Å². The van der Waals surface area contributed by atoms with E-state index in [4.69, 9.17) is 14.6 Å². The average Bonchev–Trinajstić information content (AvgIpc) is 3.15. The fourth-order valence-electron chi connectivity index (χ4n) is 4.21. The molecule has 7 heteroatoms. The maximum atomic E-state index is 12.5. The number of aromatic nitrogens is 2. The smallest absolute Gasteiger partial charge is 0.410 e. The highest BCUT2D eigenvalue weighted by Crippen LogP contribution is 2.37. The number of likely N-dealkylation sites (tertiary alicyclic amines) is 1. The zero-order valence-corrected chi connectivity index (χ0v) is 22.6. The zero-order chi connectivity index (χ0) is 24.5. The maximum absolute atomic E-state index is 12.5. The summed E-state index contributed by atoms with van der Waals surface area (Å²) in [4.78, 5) is 14.3. The van der Waals surface area contributed by atoms with Crippen molar-refractivity contribution >= 4 is 28.7 Å². The first-order valence-corrected chi connectivity index (χ1v) is 12.7. The maximum Gasteiger partial charge on any atom is 0.410 e. The second kappa shape index (κ2) is 9.98. The van der Waals surface area contributed by atoms with Crippen molar-refractivity contribution in [2.45, 2.75) is 52.1 Å². The number of rotatable bonds is 4. The fourth-order valence-corrected chi connectivity index (χ4v) is 5.30. The highest BCUT2D eigenvalue weighted by molar-refractivity contribution is 14.1. The molecule has 1 aliphatic rings. The zero-order valence-electron chi connectivity index (χ0n) is 20.5. The molecular weight excluding hydrogens is 541 g/mol. The molecule has 3 aromatic rings. The van der Waals surface area contributed by atoms with Crippen molar-refractivity contribution in [2.75, 3.05) is 20.2 Å². The van der Waals surface area contributed by atoms with E-state index >= 15 is 0 Å². The number of carbonyl (C=O) groups is 1. The number of methoxy groups -OCH3 is 1. The molecule has 1 saturated heterocycles. The van der Waals surface area contributed by atoms with E-state index in [0.29, 0.717) is 13.1 Å². The van der Waals surface area contributed by atoms with E-state index in [-0.39, 0.29) is 12.0 Å². The highest BCUT2D eigenvalue weighted by Gasteiger charge is 2.31. The van der Waals surface area contributed by atoms with Gasteiger partial charge in [-0.3, -0.25) is 0 Å². The lowest BCUT2D eigenvalue weighted by Crippen LogP contribution is -2.41. The van der Waals surface area contributed by atoms with Gasteiger partial charge in [0.05, 0.1) is 27.8 Å². The van der Waals surface area contributed by atoms with Gasteiger partial charge in [0, 0.05) is 24.6 Å². The topological polar surface area (TPSA) is 56.6 Å². The largest absolute Gasteiger partial charge is 0.497 e. The number of aryl methyl sites for hydroxylation is 1. The predicted octanol–water partition coefficient (Wildman–Crippen LogP) is 6.58. The Balaban J connectivity index is 1.65. The molecule has 34 heavy (non-hydrogen) atoms. The van der Waals surface area contributed by atoms with Crippen LogP contribution in [0.5, 0.6) is 5.75 Å². The van der Waals surface area contributed by atoms with E-state index in [1.165, 1.54) is 5.56 Å². The molecule has 2 heterocycles. The number of hydrogen-bond acceptors (Lipinski definition) is 4. The van der Waals surface area contributed by atoms with Crippen LogP contribution in [0.4, 0.5) is 4.79 Å². The summed E-state index contributed by atoms with van der Waals surface area (Å²) >= 11 is 2.44. The van der Waals surface area contributed by atoms with E-state index in [9.17, 15) is 4.79 Å². The molecule has 1 aromatic heterocycles. The molecule has 0 spiro atoms. The van der Waals surface area contributed by atoms with Crippen molar-refractivity contribution in [3.8, 4) is 22.7 Å². The summed E-state index contributed by atoms with van der Waals surface area (Å²) in [5.41, 5.74) is 5.06. The molecule has 1 aliphatic heterocycles. The first kappa shape index (κ1) is 24.6. The van der Waals surface area contributed by atoms with Gasteiger partial charge in [0.25, 0.3) is 0 Å². The minimum atomic E-state index is -0.483. The Morgan fingerprint density at radius 2 is 1.65 bits per heavy atom. The molecule has 4 rings (SSSR count). The molecule has 6 nitrogen and oxygen atoms in total. The molecule has 1 fully saturated rings. The van der Waals surface area contributed by atoms with E-state index < -0.39 is 5.60 Å². The Kier molecular flexibility index (Phi) is 7.21. The first-order chi connectivity index (χ1) is 16.2. The van der Waals surface area contributed by atoms with E-state index in [0.717, 1.165) is 44.8 Å². The molecule has 0 saturated carbocycles. The van der Waals surface area contributed by atoms with Crippen molar-refractivity contribution in [1.29, 1.82) is 0 Å². The van der Waals surface area contributed by atoms with Crippen LogP contribution >= 0.6 is 22.6 Å². The molecular formula is C27H32IN3O3. The second-order valence-electron chi connectivity index (χ2n) is 9.77. The predicted molar refractivity (Wildman–Crippen MR) is 143 cm³/mol. The van der Waals surface area contributed by atoms with Gasteiger partial charge >= 0.3 is 6.09 Å². The number of amides is 1. The van der Waals surface area contributed by atoms with Crippen LogP contribution in [0.25, 0.3) is 16.9 Å². The number of halogens is 1. The molecule has 0 N–H and O–H groups in total. The summed E-state index contributed by atoms with van der Waals surface area (Å²) in [5, 5.41) is 5.12. The Labute approximate surface area is 215 Å². The van der Waals surface area contributed by atoms with Gasteiger partial charge in [-0.25, -0.2) is 9.48 Å². The normalized spacial score (nSPS) is 14.8. The fraction of sp³-hybridized carbons (Fsp3) is 0.407. The third-order valence-corrected chi connectivity index (χ3v) is 7.09. The number of piperidine rings is 1. The molecule has 0 unspecified atom stereocenters. The molecule has 0 bridgehead atoms. The number of carbonyl (C=O) groups excluding carboxylic acids is 1. The molecule has 180 valence electrons. The quantitative estimate of drug-likeness (QED) is 0.331. The summed E-state index contributed by atoms with van der Waals surface area (Å²) < 4.78 is 14.1. The van der Waals surface area contributed by atoms with Crippen LogP contribution in [0, 0.1) is 10.5 Å². The van der Waals surface area contributed by atoms with Gasteiger partial charge in [-0.1, -0.05) is 29.8 Å². The number of benzene rings is 2. The lowest BCUT2D eigenvalue weighted by molar-refractivity contribution is 0.0204. The molecule has 0 atom stereocenters. The Bertz CT molecular complexity index is 1140. The van der Waals surface area contributed by atoms with Gasteiger partial charge in [0.15, 0.2) is 0 Å². The molecule has 1 amide bonds. The highest BCUT2D eigenvalue weighted by atomic mass is 127. The molecule has 0 aliphatic carbocycles. The number of ether oxygens (including phenoxy) is 2. The summed E-state index contributed by atoms with van der Waals surface area (Å²) in [6, 6.07) is 16.6. The van der Waals surface area contributed by atoms with Gasteiger partial charge in [0.2, 0.25) is 0 Å². The summed E-state index contributed by atoms with van der Waals surface area (Å²) in [6.45, 7) is 9.14. The lowest BCUT2D eigenvalue weighted by atomic mass is 9.93. The van der Waals surface area contributed by atoms with Gasteiger partial charge in [0.1, 0.15) is 11.4 Å². The van der Waals surface area contributed by atoms with Crippen molar-refractivity contribution < 1.29 is 14.3 Å². The van der Waals surface area contributed by atoms with Crippen LogP contribution in [-0.2, 0) is 4.74 Å². The number of hydrogen-bond donors (Lipinski definition) is 0. The summed E-state index contributed by atoms with van der Waals surface area (Å²) in [5.74, 6) is 1.10. The molecule has 0 radical (unpaired) electrons. The minimum Gasteiger partial charge on any atom is -0.497 e. The third kappa shape index (κ3) is 5.40. The Morgan fingerprint density at radius 1 is 1.03 bits per heavy atom. The Morgan fingerprint density at radius 3 is 2.21 bits per heavy atom. The van der Waals surface area contributed by atoms with Gasteiger partial charge in [-0.05, 0) is 87.4 Å². The van der Waals surface area contributed by atoms with Crippen molar-refractivity contribution in [2.24, 2.45) is 0 Å². The number of nitrogens with zero attached hydrogens (tertiary/aromatic N) is 3. The Hall–Kier alpha value is -2.55. The van der Waals surface area contributed by atoms with Crippen LogP contribution in [-0.4, -0.2) is 46.6 Å². The van der Waals surface area contributed by atoms with Crippen LogP contribution < -0.4 is 4.74 Å². The standard InChI is InChI=1S/C27H32IN3O3/c1-18-6-8-20(9-7-18)25-23(28)24(29-31(25)21-10-12-22(33-5)13-11-21)19-14-16-30(17-15-19)26(32)34-27(2,3)4/h6-13,19H,14-17H2,1-5H3. The second-order valence-corrected chi connectivity index (χ2v) is 10.8. The van der Waals surface area contributed by atoms with Crippen LogP contribution in [0.2, 0.25) is 0 Å². The van der Waals surface area contributed by atoms with Gasteiger partial charge < -0.3 is 14.4 Å². The summed E-state index contributed by atoms with van der Waals surface area (Å²) in [6.07, 6.45) is 1.49. The van der Waals surface area contributed by atoms with Crippen LogP contribution in [0.1, 0.15) is 50.8 Å². The van der Waals surface area contributed by atoms with Crippen LogP contribution in [0.3, 0.4) is 0 Å². The SMILES string of the molecule is COc1ccc(-n2nc(C3CCN(C(=O)OC(C)(C)C)CC3)c(I)c2-c2ccc(C)cc2)cc1. The van der Waals surface area contributed by atoms with E-state index in [1.54, 1.807) is 7.11 Å². The van der Waals surface area contributed by atoms with E-state index in [2.05, 4.69) is 53.8 Å². The monoisotopic (exact) mass is 573 g/mol. The van der Waals surface area contributed by atoms with E-state index in [1.807, 2.05) is 54.6 Å². The summed E-state index contributed by atoms with van der Waals surface area (Å²) in [7, 11) is 1.67. The first-order valence-electron chi connectivity index (χ1n) is 11.6. The lowest BCUT2D eigenvalue weighted by Gasteiger charge is -2.33. The van der Waals surface area contributed by atoms with Crippen molar-refractivity contribution in [3.05, 3.63) is 63.4 Å². The van der Waals surface area contributed by atoms with Gasteiger partial charge in [-0.2, -0.15) is 5.10 Å².